The molecule has 1 N–H and O–H groups in total. The average molecular weight is 339 g/mol. The molecule has 130 valence electrons. The van der Waals surface area contributed by atoms with E-state index in [4.69, 9.17) is 0 Å². The predicted octanol–water partition coefficient (Wildman–Crippen LogP) is 2.79. The van der Waals surface area contributed by atoms with Gasteiger partial charge in [-0.15, -0.1) is 0 Å². The summed E-state index contributed by atoms with van der Waals surface area (Å²) in [5.74, 6) is 0.761. The molecule has 1 unspecified atom stereocenters. The molecule has 1 aromatic rings. The molecule has 0 bridgehead atoms. The summed E-state index contributed by atoms with van der Waals surface area (Å²) in [6, 6.07) is 8.83. The van der Waals surface area contributed by atoms with Crippen LogP contribution in [0.15, 0.2) is 24.3 Å². The first kappa shape index (κ1) is 18.4. The van der Waals surface area contributed by atoms with Gasteiger partial charge in [0.25, 0.3) is 0 Å². The zero-order chi connectivity index (χ0) is 16.9. The van der Waals surface area contributed by atoms with Crippen molar-refractivity contribution in [3.05, 3.63) is 35.4 Å². The van der Waals surface area contributed by atoms with E-state index in [9.17, 15) is 8.42 Å². The van der Waals surface area contributed by atoms with E-state index in [0.29, 0.717) is 18.9 Å². The highest BCUT2D eigenvalue weighted by molar-refractivity contribution is 7.89. The molecule has 23 heavy (non-hydrogen) atoms. The van der Waals surface area contributed by atoms with Gasteiger partial charge in [0.1, 0.15) is 0 Å². The summed E-state index contributed by atoms with van der Waals surface area (Å²) >= 11 is 0. The molecule has 1 aliphatic heterocycles. The summed E-state index contributed by atoms with van der Waals surface area (Å²) in [4.78, 5) is 2.44. The third kappa shape index (κ3) is 5.59. The first-order valence-electron chi connectivity index (χ1n) is 8.69. The molecule has 2 rings (SSSR count). The van der Waals surface area contributed by atoms with Crippen LogP contribution in [0.2, 0.25) is 0 Å². The molecule has 0 aromatic heterocycles. The number of nitrogens with zero attached hydrogens (tertiary/aromatic N) is 1. The Hall–Kier alpha value is -0.910. The highest BCUT2D eigenvalue weighted by atomic mass is 32.2. The van der Waals surface area contributed by atoms with E-state index in [1.54, 1.807) is 0 Å². The van der Waals surface area contributed by atoms with Crippen LogP contribution >= 0.6 is 0 Å². The van der Waals surface area contributed by atoms with Crippen molar-refractivity contribution in [2.45, 2.75) is 52.6 Å². The minimum atomic E-state index is -3.14. The van der Waals surface area contributed by atoms with E-state index in [1.165, 1.54) is 11.1 Å². The van der Waals surface area contributed by atoms with Gasteiger partial charge >= 0.3 is 0 Å². The zero-order valence-electron chi connectivity index (χ0n) is 14.6. The van der Waals surface area contributed by atoms with Gasteiger partial charge in [-0.2, -0.15) is 0 Å². The van der Waals surface area contributed by atoms with E-state index in [2.05, 4.69) is 47.7 Å². The Balaban J connectivity index is 2.04. The van der Waals surface area contributed by atoms with E-state index >= 15 is 0 Å². The van der Waals surface area contributed by atoms with E-state index in [1.807, 2.05) is 6.92 Å². The second-order valence-corrected chi connectivity index (χ2v) is 8.87. The standard InChI is InChI=1S/C18H30N2O2S/c1-4-11-23(21,22)19-13-18(12-15(2)3)20-10-9-16-7-5-6-8-17(16)14-20/h5-8,15,18-19H,4,9-14H2,1-3H3. The topological polar surface area (TPSA) is 49.4 Å². The molecule has 0 saturated heterocycles. The van der Waals surface area contributed by atoms with Crippen molar-refractivity contribution in [3.8, 4) is 0 Å². The highest BCUT2D eigenvalue weighted by Gasteiger charge is 2.25. The van der Waals surface area contributed by atoms with Crippen LogP contribution < -0.4 is 4.72 Å². The fourth-order valence-corrected chi connectivity index (χ4v) is 4.43. The quantitative estimate of drug-likeness (QED) is 0.793. The van der Waals surface area contributed by atoms with Gasteiger partial charge in [-0.05, 0) is 36.3 Å². The SMILES string of the molecule is CCCS(=O)(=O)NCC(CC(C)C)N1CCc2ccccc2C1. The summed E-state index contributed by atoms with van der Waals surface area (Å²) in [7, 11) is -3.14. The summed E-state index contributed by atoms with van der Waals surface area (Å²) in [6.07, 6.45) is 2.71. The van der Waals surface area contributed by atoms with Crippen molar-refractivity contribution >= 4 is 10.0 Å². The van der Waals surface area contributed by atoms with Gasteiger partial charge in [0.05, 0.1) is 5.75 Å². The molecule has 1 heterocycles. The van der Waals surface area contributed by atoms with Gasteiger partial charge in [-0.25, -0.2) is 13.1 Å². The number of nitrogens with one attached hydrogen (secondary N) is 1. The van der Waals surface area contributed by atoms with E-state index in [-0.39, 0.29) is 11.8 Å². The molecular formula is C18H30N2O2S. The molecule has 4 nitrogen and oxygen atoms in total. The molecule has 1 aliphatic rings. The Bertz CT molecular complexity index is 599. The number of fused-ring (bicyclic) bond motifs is 1. The number of sulfonamides is 1. The Morgan fingerprint density at radius 3 is 2.57 bits per heavy atom. The Morgan fingerprint density at radius 2 is 1.91 bits per heavy atom. The highest BCUT2D eigenvalue weighted by Crippen LogP contribution is 2.22. The third-order valence-corrected chi connectivity index (χ3v) is 5.98. The minimum absolute atomic E-state index is 0.213. The number of rotatable bonds is 8. The van der Waals surface area contributed by atoms with Crippen molar-refractivity contribution in [3.63, 3.8) is 0 Å². The molecule has 1 aromatic carbocycles. The maximum Gasteiger partial charge on any atom is 0.211 e. The van der Waals surface area contributed by atoms with Crippen molar-refractivity contribution < 1.29 is 8.42 Å². The maximum absolute atomic E-state index is 12.0. The van der Waals surface area contributed by atoms with Crippen LogP contribution in [0.3, 0.4) is 0 Å². The van der Waals surface area contributed by atoms with Gasteiger partial charge in [0.2, 0.25) is 10.0 Å². The van der Waals surface area contributed by atoms with Gasteiger partial charge in [-0.3, -0.25) is 4.90 Å². The molecule has 0 saturated carbocycles. The lowest BCUT2D eigenvalue weighted by molar-refractivity contribution is 0.158. The van der Waals surface area contributed by atoms with Gasteiger partial charge in [-0.1, -0.05) is 45.0 Å². The third-order valence-electron chi connectivity index (χ3n) is 4.43. The van der Waals surface area contributed by atoms with Crippen LogP contribution in [0.5, 0.6) is 0 Å². The van der Waals surface area contributed by atoms with Gasteiger partial charge < -0.3 is 0 Å². The monoisotopic (exact) mass is 338 g/mol. The second-order valence-electron chi connectivity index (χ2n) is 6.94. The average Bonchev–Trinajstić information content (AvgIpc) is 2.50. The van der Waals surface area contributed by atoms with Crippen molar-refractivity contribution in [2.24, 2.45) is 5.92 Å². The van der Waals surface area contributed by atoms with Crippen molar-refractivity contribution in [1.82, 2.24) is 9.62 Å². The lowest BCUT2D eigenvalue weighted by Crippen LogP contribution is -2.46. The molecule has 0 aliphatic carbocycles. The normalized spacial score (nSPS) is 17.2. The van der Waals surface area contributed by atoms with E-state index < -0.39 is 10.0 Å². The van der Waals surface area contributed by atoms with Crippen LogP contribution in [0.1, 0.15) is 44.7 Å². The number of benzene rings is 1. The lowest BCUT2D eigenvalue weighted by atomic mass is 9.96. The molecule has 1 atom stereocenters. The summed E-state index contributed by atoms with van der Waals surface area (Å²) in [5.41, 5.74) is 2.81. The van der Waals surface area contributed by atoms with Crippen LogP contribution in [0.25, 0.3) is 0 Å². The van der Waals surface area contributed by atoms with Crippen molar-refractivity contribution in [1.29, 1.82) is 0 Å². The molecule has 0 spiro atoms. The summed E-state index contributed by atoms with van der Waals surface area (Å²) < 4.78 is 26.8. The number of hydrogen-bond donors (Lipinski definition) is 1. The first-order valence-corrected chi connectivity index (χ1v) is 10.3. The summed E-state index contributed by atoms with van der Waals surface area (Å²) in [5, 5.41) is 0. The van der Waals surface area contributed by atoms with Crippen LogP contribution in [0, 0.1) is 5.92 Å². The predicted molar refractivity (Wildman–Crippen MR) is 95.9 cm³/mol. The largest absolute Gasteiger partial charge is 0.294 e. The lowest BCUT2D eigenvalue weighted by Gasteiger charge is -2.36. The fourth-order valence-electron chi connectivity index (χ4n) is 3.30. The smallest absolute Gasteiger partial charge is 0.211 e. The number of hydrogen-bond acceptors (Lipinski definition) is 3. The van der Waals surface area contributed by atoms with Crippen LogP contribution in [-0.2, 0) is 23.0 Å². The molecule has 0 amide bonds. The Kier molecular flexibility index (Phi) is 6.62. The molecule has 5 heteroatoms. The van der Waals surface area contributed by atoms with Crippen LogP contribution in [-0.4, -0.2) is 38.2 Å². The Labute approximate surface area is 141 Å². The van der Waals surface area contributed by atoms with Gasteiger partial charge in [0, 0.05) is 25.7 Å². The maximum atomic E-state index is 12.0. The second kappa shape index (κ2) is 8.27. The zero-order valence-corrected chi connectivity index (χ0v) is 15.4. The Morgan fingerprint density at radius 1 is 1.22 bits per heavy atom. The molecular weight excluding hydrogens is 308 g/mol. The van der Waals surface area contributed by atoms with Gasteiger partial charge in [0.15, 0.2) is 0 Å². The molecule has 0 radical (unpaired) electrons. The minimum Gasteiger partial charge on any atom is -0.294 e. The van der Waals surface area contributed by atoms with Crippen molar-refractivity contribution in [2.75, 3.05) is 18.8 Å². The van der Waals surface area contributed by atoms with Crippen LogP contribution in [0.4, 0.5) is 0 Å². The van der Waals surface area contributed by atoms with E-state index in [0.717, 1.165) is 25.9 Å². The summed E-state index contributed by atoms with van der Waals surface area (Å²) in [6.45, 7) is 8.74. The first-order chi connectivity index (χ1) is 10.9. The fraction of sp³-hybridized carbons (Fsp3) is 0.667. The molecule has 0 fully saturated rings.